The largest absolute Gasteiger partial charge is 0.506 e. The maximum absolute atomic E-state index is 12.6. The van der Waals surface area contributed by atoms with E-state index < -0.39 is 11.9 Å². The Morgan fingerprint density at radius 2 is 1.76 bits per heavy atom. The standard InChI is InChI=1S/C28H28N4O5/c1-2-5-18-8-11-20(12-9-18)26(34)29-24-13-10-19(17-25(24)33)16-21(28(36)37)14-15-32-27(35)22-6-3-4-7-23(22)30-31-32/h3-4,6-13,17,21,33H,2,5,14-16H2,1H3,(H,29,34)(H,36,37)/t21-/m1/s1. The van der Waals surface area contributed by atoms with E-state index >= 15 is 0 Å². The fourth-order valence-electron chi connectivity index (χ4n) is 4.16. The second kappa shape index (κ2) is 11.5. The highest BCUT2D eigenvalue weighted by atomic mass is 16.4. The number of carbonyl (C=O) groups excluding carboxylic acids is 1. The number of carboxylic acids is 1. The zero-order valence-electron chi connectivity index (χ0n) is 20.4. The predicted octanol–water partition coefficient (Wildman–Crippen LogP) is 4.04. The molecule has 190 valence electrons. The number of rotatable bonds is 10. The van der Waals surface area contributed by atoms with Gasteiger partial charge < -0.3 is 15.5 Å². The lowest BCUT2D eigenvalue weighted by molar-refractivity contribution is -0.142. The normalized spacial score (nSPS) is 11.8. The van der Waals surface area contributed by atoms with Crippen LogP contribution in [0.5, 0.6) is 5.75 Å². The molecule has 3 N–H and O–H groups in total. The van der Waals surface area contributed by atoms with Crippen molar-refractivity contribution in [3.05, 3.63) is 93.8 Å². The Kier molecular flexibility index (Phi) is 7.92. The van der Waals surface area contributed by atoms with Crippen LogP contribution < -0.4 is 10.9 Å². The smallest absolute Gasteiger partial charge is 0.306 e. The number of carbonyl (C=O) groups is 2. The molecule has 0 aliphatic rings. The number of phenolic OH excluding ortho intramolecular Hbond substituents is 1. The number of phenols is 1. The summed E-state index contributed by atoms with van der Waals surface area (Å²) in [6.07, 6.45) is 2.24. The van der Waals surface area contributed by atoms with Crippen molar-refractivity contribution in [2.45, 2.75) is 39.2 Å². The zero-order valence-corrected chi connectivity index (χ0v) is 20.4. The van der Waals surface area contributed by atoms with Crippen molar-refractivity contribution in [2.24, 2.45) is 5.92 Å². The fraction of sp³-hybridized carbons (Fsp3) is 0.250. The summed E-state index contributed by atoms with van der Waals surface area (Å²) in [7, 11) is 0. The number of hydrogen-bond donors (Lipinski definition) is 3. The quantitative estimate of drug-likeness (QED) is 0.280. The Labute approximate surface area is 213 Å². The molecule has 3 aromatic carbocycles. The monoisotopic (exact) mass is 500 g/mol. The molecule has 0 saturated heterocycles. The highest BCUT2D eigenvalue weighted by Crippen LogP contribution is 2.27. The molecule has 0 unspecified atom stereocenters. The van der Waals surface area contributed by atoms with Crippen LogP contribution >= 0.6 is 0 Å². The fourth-order valence-corrected chi connectivity index (χ4v) is 4.16. The van der Waals surface area contributed by atoms with Crippen molar-refractivity contribution in [3.63, 3.8) is 0 Å². The molecule has 1 atom stereocenters. The van der Waals surface area contributed by atoms with Gasteiger partial charge in [0.1, 0.15) is 11.3 Å². The minimum atomic E-state index is -1.02. The van der Waals surface area contributed by atoms with E-state index in [2.05, 4.69) is 22.6 Å². The highest BCUT2D eigenvalue weighted by molar-refractivity contribution is 6.05. The van der Waals surface area contributed by atoms with E-state index in [-0.39, 0.29) is 42.3 Å². The summed E-state index contributed by atoms with van der Waals surface area (Å²) in [6.45, 7) is 2.18. The second-order valence-corrected chi connectivity index (χ2v) is 8.92. The molecule has 0 aliphatic heterocycles. The summed E-state index contributed by atoms with van der Waals surface area (Å²) in [5, 5.41) is 31.3. The first-order valence-electron chi connectivity index (χ1n) is 12.1. The number of benzene rings is 3. The van der Waals surface area contributed by atoms with E-state index in [4.69, 9.17) is 0 Å². The van der Waals surface area contributed by atoms with Crippen LogP contribution in [-0.4, -0.2) is 37.1 Å². The van der Waals surface area contributed by atoms with Crippen molar-refractivity contribution in [1.29, 1.82) is 0 Å². The first kappa shape index (κ1) is 25.6. The van der Waals surface area contributed by atoms with E-state index in [0.717, 1.165) is 18.4 Å². The maximum Gasteiger partial charge on any atom is 0.306 e. The molecule has 4 rings (SSSR count). The molecule has 0 radical (unpaired) electrons. The van der Waals surface area contributed by atoms with Crippen LogP contribution in [0.25, 0.3) is 10.9 Å². The number of aromatic hydroxyl groups is 1. The van der Waals surface area contributed by atoms with Crippen molar-refractivity contribution >= 4 is 28.5 Å². The zero-order chi connectivity index (χ0) is 26.4. The first-order chi connectivity index (χ1) is 17.9. The number of nitrogens with one attached hydrogen (secondary N) is 1. The average Bonchev–Trinajstić information content (AvgIpc) is 2.89. The third-order valence-corrected chi connectivity index (χ3v) is 6.22. The van der Waals surface area contributed by atoms with Crippen molar-refractivity contribution in [1.82, 2.24) is 15.0 Å². The van der Waals surface area contributed by atoms with E-state index in [9.17, 15) is 24.6 Å². The van der Waals surface area contributed by atoms with Crippen molar-refractivity contribution in [2.75, 3.05) is 5.32 Å². The SMILES string of the molecule is CCCc1ccc(C(=O)Nc2ccc(C[C@@H](CCn3nnc4ccccc4c3=O)C(=O)O)cc2O)cc1. The van der Waals surface area contributed by atoms with Crippen LogP contribution in [0.3, 0.4) is 0 Å². The Morgan fingerprint density at radius 3 is 2.46 bits per heavy atom. The molecule has 0 saturated carbocycles. The number of anilines is 1. The molecule has 4 aromatic rings. The molecule has 1 aromatic heterocycles. The van der Waals surface area contributed by atoms with Gasteiger partial charge in [0.2, 0.25) is 0 Å². The van der Waals surface area contributed by atoms with Gasteiger partial charge in [0, 0.05) is 12.1 Å². The van der Waals surface area contributed by atoms with E-state index in [1.165, 1.54) is 10.7 Å². The molecular formula is C28H28N4O5. The molecule has 9 heteroatoms. The topological polar surface area (TPSA) is 134 Å². The van der Waals surface area contributed by atoms with E-state index in [0.29, 0.717) is 22.0 Å². The summed E-state index contributed by atoms with van der Waals surface area (Å²) in [5.41, 5.74) is 2.60. The van der Waals surface area contributed by atoms with Crippen LogP contribution in [0.4, 0.5) is 5.69 Å². The minimum absolute atomic E-state index is 0.0881. The molecular weight excluding hydrogens is 472 g/mol. The number of aromatic nitrogens is 3. The Balaban J connectivity index is 1.41. The molecule has 37 heavy (non-hydrogen) atoms. The number of nitrogens with zero attached hydrogens (tertiary/aromatic N) is 3. The van der Waals surface area contributed by atoms with Crippen molar-refractivity contribution in [3.8, 4) is 5.75 Å². The molecule has 1 heterocycles. The van der Waals surface area contributed by atoms with Gasteiger partial charge in [-0.15, -0.1) is 5.10 Å². The minimum Gasteiger partial charge on any atom is -0.506 e. The van der Waals surface area contributed by atoms with Crippen LogP contribution in [0.1, 0.15) is 41.3 Å². The predicted molar refractivity (Wildman–Crippen MR) is 140 cm³/mol. The molecule has 0 aliphatic carbocycles. The Hall–Kier alpha value is -4.53. The lowest BCUT2D eigenvalue weighted by Gasteiger charge is -2.14. The van der Waals surface area contributed by atoms with Crippen LogP contribution in [0, 0.1) is 5.92 Å². The van der Waals surface area contributed by atoms with Crippen LogP contribution in [0.2, 0.25) is 0 Å². The van der Waals surface area contributed by atoms with E-state index in [1.54, 1.807) is 48.5 Å². The second-order valence-electron chi connectivity index (χ2n) is 8.92. The number of aryl methyl sites for hydroxylation is 2. The molecule has 0 spiro atoms. The number of hydrogen-bond acceptors (Lipinski definition) is 6. The van der Waals surface area contributed by atoms with Gasteiger partial charge in [-0.1, -0.05) is 48.9 Å². The molecule has 0 fully saturated rings. The van der Waals surface area contributed by atoms with Gasteiger partial charge in [-0.3, -0.25) is 14.4 Å². The summed E-state index contributed by atoms with van der Waals surface area (Å²) >= 11 is 0. The van der Waals surface area contributed by atoms with Crippen molar-refractivity contribution < 1.29 is 19.8 Å². The molecule has 1 amide bonds. The third-order valence-electron chi connectivity index (χ3n) is 6.22. The maximum atomic E-state index is 12.6. The summed E-state index contributed by atoms with van der Waals surface area (Å²) in [5.74, 6) is -2.35. The molecule has 0 bridgehead atoms. The van der Waals surface area contributed by atoms with Gasteiger partial charge in [0.25, 0.3) is 11.5 Å². The lowest BCUT2D eigenvalue weighted by Crippen LogP contribution is -2.27. The average molecular weight is 501 g/mol. The summed E-state index contributed by atoms with van der Waals surface area (Å²) in [6, 6.07) is 18.8. The van der Waals surface area contributed by atoms with Crippen LogP contribution in [-0.2, 0) is 24.2 Å². The number of fused-ring (bicyclic) bond motifs is 1. The highest BCUT2D eigenvalue weighted by Gasteiger charge is 2.20. The number of carboxylic acid groups (broad SMARTS) is 1. The van der Waals surface area contributed by atoms with Crippen LogP contribution in [0.15, 0.2) is 71.5 Å². The lowest BCUT2D eigenvalue weighted by atomic mass is 9.96. The Morgan fingerprint density at radius 1 is 1.03 bits per heavy atom. The molecule has 9 nitrogen and oxygen atoms in total. The van der Waals surface area contributed by atoms with E-state index in [1.807, 2.05) is 12.1 Å². The van der Waals surface area contributed by atoms with Gasteiger partial charge in [0.05, 0.1) is 17.0 Å². The van der Waals surface area contributed by atoms with Gasteiger partial charge in [-0.05, 0) is 66.8 Å². The van der Waals surface area contributed by atoms with Gasteiger partial charge >= 0.3 is 5.97 Å². The number of amides is 1. The van der Waals surface area contributed by atoms with Gasteiger partial charge in [0.15, 0.2) is 0 Å². The first-order valence-corrected chi connectivity index (χ1v) is 12.1. The number of aliphatic carboxylic acids is 1. The Bertz CT molecular complexity index is 1480. The van der Waals surface area contributed by atoms with Gasteiger partial charge in [-0.2, -0.15) is 0 Å². The third kappa shape index (κ3) is 6.19. The van der Waals surface area contributed by atoms with Gasteiger partial charge in [-0.25, -0.2) is 4.68 Å². The summed E-state index contributed by atoms with van der Waals surface area (Å²) in [4.78, 5) is 37.1. The summed E-state index contributed by atoms with van der Waals surface area (Å²) < 4.78 is 1.17.